The van der Waals surface area contributed by atoms with Crippen LogP contribution < -0.4 is 5.32 Å². The smallest absolute Gasteiger partial charge is 0.340 e. The Kier molecular flexibility index (Phi) is 5.22. The van der Waals surface area contributed by atoms with Crippen LogP contribution in [0.4, 0.5) is 11.4 Å². The Morgan fingerprint density at radius 2 is 2.26 bits per heavy atom. The van der Waals surface area contributed by atoms with Crippen molar-refractivity contribution < 1.29 is 24.7 Å². The summed E-state index contributed by atoms with van der Waals surface area (Å²) >= 11 is 0. The Morgan fingerprint density at radius 3 is 2.79 bits per heavy atom. The fourth-order valence-corrected chi connectivity index (χ4v) is 1.44. The number of nitro groups is 1. The molecule has 0 heterocycles. The zero-order chi connectivity index (χ0) is 14.4. The summed E-state index contributed by atoms with van der Waals surface area (Å²) in [5.74, 6) is -0.732. The van der Waals surface area contributed by atoms with Crippen LogP contribution in [-0.2, 0) is 4.74 Å². The molecule has 1 aromatic carbocycles. The highest BCUT2D eigenvalue weighted by Crippen LogP contribution is 2.28. The molecular formula is C11H14N2O6. The molecule has 0 aliphatic carbocycles. The van der Waals surface area contributed by atoms with E-state index in [0.29, 0.717) is 0 Å². The number of aliphatic hydroxyl groups excluding tert-OH is 2. The van der Waals surface area contributed by atoms with Gasteiger partial charge in [-0.05, 0) is 6.07 Å². The van der Waals surface area contributed by atoms with Gasteiger partial charge in [-0.15, -0.1) is 0 Å². The van der Waals surface area contributed by atoms with Crippen LogP contribution in [0.1, 0.15) is 10.4 Å². The zero-order valence-electron chi connectivity index (χ0n) is 10.2. The Labute approximate surface area is 108 Å². The number of hydrogen-bond donors (Lipinski definition) is 3. The standard InChI is InChI=1S/C11H14N2O6/c1-19-11(16)8-3-2-4-9(13(17)18)10(8)12-5-7(15)6-14/h2-4,7,12,14-15H,5-6H2,1H3. The molecule has 0 bridgehead atoms. The van der Waals surface area contributed by atoms with E-state index in [4.69, 9.17) is 5.11 Å². The van der Waals surface area contributed by atoms with Gasteiger partial charge in [0.2, 0.25) is 0 Å². The highest BCUT2D eigenvalue weighted by molar-refractivity contribution is 5.98. The Bertz CT molecular complexity index is 476. The molecule has 0 amide bonds. The molecule has 0 aliphatic rings. The molecule has 0 saturated carbocycles. The van der Waals surface area contributed by atoms with E-state index in [1.54, 1.807) is 0 Å². The summed E-state index contributed by atoms with van der Waals surface area (Å²) in [6.45, 7) is -0.632. The van der Waals surface area contributed by atoms with Gasteiger partial charge in [0.15, 0.2) is 0 Å². The van der Waals surface area contributed by atoms with Crippen LogP contribution >= 0.6 is 0 Å². The summed E-state index contributed by atoms with van der Waals surface area (Å²) in [4.78, 5) is 21.8. The fourth-order valence-electron chi connectivity index (χ4n) is 1.44. The number of benzene rings is 1. The summed E-state index contributed by atoms with van der Waals surface area (Å²) in [5.41, 5.74) is -0.373. The zero-order valence-corrected chi connectivity index (χ0v) is 10.2. The van der Waals surface area contributed by atoms with E-state index >= 15 is 0 Å². The molecule has 1 atom stereocenters. The van der Waals surface area contributed by atoms with Gasteiger partial charge >= 0.3 is 5.97 Å². The SMILES string of the molecule is COC(=O)c1cccc([N+](=O)[O-])c1NCC(O)CO. The van der Waals surface area contributed by atoms with Crippen LogP contribution in [-0.4, -0.2) is 47.5 Å². The van der Waals surface area contributed by atoms with Gasteiger partial charge in [0, 0.05) is 12.6 Å². The lowest BCUT2D eigenvalue weighted by molar-refractivity contribution is -0.384. The average Bonchev–Trinajstić information content (AvgIpc) is 2.43. The third-order valence-electron chi connectivity index (χ3n) is 2.37. The van der Waals surface area contributed by atoms with Crippen molar-refractivity contribution in [2.75, 3.05) is 25.6 Å². The number of nitro benzene ring substituents is 1. The van der Waals surface area contributed by atoms with Gasteiger partial charge in [-0.2, -0.15) is 0 Å². The predicted octanol–water partition coefficient (Wildman–Crippen LogP) is 0.146. The highest BCUT2D eigenvalue weighted by Gasteiger charge is 2.22. The largest absolute Gasteiger partial charge is 0.465 e. The number of anilines is 1. The number of aliphatic hydroxyl groups is 2. The number of hydrogen-bond acceptors (Lipinski definition) is 7. The summed E-state index contributed by atoms with van der Waals surface area (Å²) in [6.07, 6.45) is -1.09. The molecule has 0 radical (unpaired) electrons. The lowest BCUT2D eigenvalue weighted by Gasteiger charge is -2.13. The molecule has 0 aromatic heterocycles. The number of esters is 1. The third-order valence-corrected chi connectivity index (χ3v) is 2.37. The first-order valence-corrected chi connectivity index (χ1v) is 5.39. The molecule has 8 heteroatoms. The topological polar surface area (TPSA) is 122 Å². The summed E-state index contributed by atoms with van der Waals surface area (Å²) < 4.78 is 4.53. The maximum Gasteiger partial charge on any atom is 0.340 e. The maximum absolute atomic E-state index is 11.5. The normalized spacial score (nSPS) is 11.7. The molecule has 19 heavy (non-hydrogen) atoms. The molecular weight excluding hydrogens is 256 g/mol. The molecule has 8 nitrogen and oxygen atoms in total. The Hall–Kier alpha value is -2.19. The molecule has 1 aromatic rings. The molecule has 0 spiro atoms. The van der Waals surface area contributed by atoms with Crippen LogP contribution in [0, 0.1) is 10.1 Å². The molecule has 3 N–H and O–H groups in total. The number of ether oxygens (including phenoxy) is 1. The predicted molar refractivity (Wildman–Crippen MR) is 66.0 cm³/mol. The fraction of sp³-hybridized carbons (Fsp3) is 0.364. The summed E-state index contributed by atoms with van der Waals surface area (Å²) in [6, 6.07) is 3.95. The van der Waals surface area contributed by atoms with Gasteiger partial charge in [0.25, 0.3) is 5.69 Å². The molecule has 1 rings (SSSR count). The number of carbonyl (C=O) groups excluding carboxylic acids is 1. The van der Waals surface area contributed by atoms with Crippen molar-refractivity contribution in [2.45, 2.75) is 6.10 Å². The first kappa shape index (κ1) is 14.9. The first-order chi connectivity index (χ1) is 9.01. The van der Waals surface area contributed by atoms with Crippen LogP contribution in [0.5, 0.6) is 0 Å². The number of rotatable bonds is 6. The van der Waals surface area contributed by atoms with Crippen LogP contribution in [0.25, 0.3) is 0 Å². The Morgan fingerprint density at radius 1 is 1.58 bits per heavy atom. The summed E-state index contributed by atoms with van der Waals surface area (Å²) in [7, 11) is 1.16. The second-order valence-electron chi connectivity index (χ2n) is 3.67. The van der Waals surface area contributed by atoms with Crippen molar-refractivity contribution >= 4 is 17.3 Å². The molecule has 1 unspecified atom stereocenters. The van der Waals surface area contributed by atoms with Gasteiger partial charge in [-0.3, -0.25) is 10.1 Å². The van der Waals surface area contributed by atoms with Crippen molar-refractivity contribution in [3.8, 4) is 0 Å². The maximum atomic E-state index is 11.5. The van der Waals surface area contributed by atoms with Gasteiger partial charge in [-0.25, -0.2) is 4.79 Å². The van der Waals surface area contributed by atoms with Crippen molar-refractivity contribution in [3.63, 3.8) is 0 Å². The van der Waals surface area contributed by atoms with E-state index in [2.05, 4.69) is 10.1 Å². The van der Waals surface area contributed by atoms with E-state index in [-0.39, 0.29) is 23.5 Å². The van der Waals surface area contributed by atoms with E-state index in [1.165, 1.54) is 18.2 Å². The van der Waals surface area contributed by atoms with Crippen molar-refractivity contribution in [2.24, 2.45) is 0 Å². The van der Waals surface area contributed by atoms with Gasteiger partial charge < -0.3 is 20.3 Å². The second-order valence-corrected chi connectivity index (χ2v) is 3.67. The van der Waals surface area contributed by atoms with Crippen LogP contribution in [0.2, 0.25) is 0 Å². The van der Waals surface area contributed by atoms with Gasteiger partial charge in [-0.1, -0.05) is 6.07 Å². The first-order valence-electron chi connectivity index (χ1n) is 5.39. The van der Waals surface area contributed by atoms with Gasteiger partial charge in [0.05, 0.1) is 30.3 Å². The van der Waals surface area contributed by atoms with Crippen molar-refractivity contribution in [3.05, 3.63) is 33.9 Å². The monoisotopic (exact) mass is 270 g/mol. The number of nitrogens with zero attached hydrogens (tertiary/aromatic N) is 1. The van der Waals surface area contributed by atoms with Crippen LogP contribution in [0.15, 0.2) is 18.2 Å². The minimum Gasteiger partial charge on any atom is -0.465 e. The summed E-state index contributed by atoms with van der Waals surface area (Å²) in [5, 5.41) is 31.4. The molecule has 0 fully saturated rings. The second kappa shape index (κ2) is 6.66. The van der Waals surface area contributed by atoms with Crippen molar-refractivity contribution in [1.29, 1.82) is 0 Å². The minimum atomic E-state index is -1.09. The van der Waals surface area contributed by atoms with Crippen molar-refractivity contribution in [1.82, 2.24) is 0 Å². The van der Waals surface area contributed by atoms with E-state index < -0.39 is 23.6 Å². The molecule has 0 aliphatic heterocycles. The number of carbonyl (C=O) groups is 1. The quantitative estimate of drug-likeness (QED) is 0.382. The Balaban J connectivity index is 3.14. The van der Waals surface area contributed by atoms with Crippen LogP contribution in [0.3, 0.4) is 0 Å². The average molecular weight is 270 g/mol. The van der Waals surface area contributed by atoms with E-state index in [9.17, 15) is 20.0 Å². The number of para-hydroxylation sites is 1. The molecule has 104 valence electrons. The molecule has 0 saturated heterocycles. The lowest BCUT2D eigenvalue weighted by atomic mass is 10.1. The third kappa shape index (κ3) is 3.63. The van der Waals surface area contributed by atoms with E-state index in [0.717, 1.165) is 7.11 Å². The number of nitrogens with one attached hydrogen (secondary N) is 1. The highest BCUT2D eigenvalue weighted by atomic mass is 16.6. The lowest BCUT2D eigenvalue weighted by Crippen LogP contribution is -2.24. The van der Waals surface area contributed by atoms with E-state index in [1.807, 2.05) is 0 Å². The minimum absolute atomic E-state index is 0.0122. The van der Waals surface area contributed by atoms with Gasteiger partial charge in [0.1, 0.15) is 5.69 Å². The number of methoxy groups -OCH3 is 1.